The van der Waals surface area contributed by atoms with Crippen LogP contribution in [0.5, 0.6) is 0 Å². The maximum atomic E-state index is 11.0. The number of nitrogens with zero attached hydrogens (tertiary/aromatic N) is 4. The van der Waals surface area contributed by atoms with Crippen LogP contribution in [0.1, 0.15) is 22.7 Å². The molecule has 0 saturated carbocycles. The molecule has 1 fully saturated rings. The molecule has 0 unspecified atom stereocenters. The summed E-state index contributed by atoms with van der Waals surface area (Å²) in [6, 6.07) is 23.0. The van der Waals surface area contributed by atoms with Gasteiger partial charge >= 0.3 is 0 Å². The fourth-order valence-corrected chi connectivity index (χ4v) is 4.06. The highest BCUT2D eigenvalue weighted by Gasteiger charge is 2.27. The Morgan fingerprint density at radius 2 is 1.48 bits per heavy atom. The summed E-state index contributed by atoms with van der Waals surface area (Å²) in [7, 11) is 0. The Hall–Kier alpha value is -3.25. The third-order valence-corrected chi connectivity index (χ3v) is 5.46. The molecule has 6 nitrogen and oxygen atoms in total. The van der Waals surface area contributed by atoms with Gasteiger partial charge in [-0.1, -0.05) is 60.7 Å². The second kappa shape index (κ2) is 8.41. The fourth-order valence-electron chi connectivity index (χ4n) is 4.06. The molecule has 0 atom stereocenters. The minimum atomic E-state index is -0.397. The van der Waals surface area contributed by atoms with Gasteiger partial charge < -0.3 is 4.90 Å². The number of piperazine rings is 1. The molecule has 2 aromatic carbocycles. The molecular weight excluding hydrogens is 364 g/mol. The standard InChI is InChI=1S/C23H24N4O2/c1-18-16-21(27(28)29)17-24-23(18)26-14-12-25(13-15-26)22(19-8-4-2-5-9-19)20-10-6-3-7-11-20/h2-11,16-17,22H,12-15H2,1H3. The number of aromatic nitrogens is 1. The van der Waals surface area contributed by atoms with Crippen LogP contribution in [0, 0.1) is 17.0 Å². The Morgan fingerprint density at radius 3 is 1.97 bits per heavy atom. The van der Waals surface area contributed by atoms with E-state index in [1.54, 1.807) is 6.07 Å². The number of hydrogen-bond donors (Lipinski definition) is 0. The van der Waals surface area contributed by atoms with Crippen LogP contribution in [0.15, 0.2) is 72.9 Å². The van der Waals surface area contributed by atoms with E-state index >= 15 is 0 Å². The molecule has 1 aliphatic rings. The Bertz CT molecular complexity index is 931. The third-order valence-electron chi connectivity index (χ3n) is 5.46. The number of benzene rings is 2. The van der Waals surface area contributed by atoms with Gasteiger partial charge in [0.2, 0.25) is 0 Å². The van der Waals surface area contributed by atoms with Crippen LogP contribution in [0.25, 0.3) is 0 Å². The van der Waals surface area contributed by atoms with Gasteiger partial charge in [-0.25, -0.2) is 4.98 Å². The molecule has 0 N–H and O–H groups in total. The summed E-state index contributed by atoms with van der Waals surface area (Å²) in [6.07, 6.45) is 1.35. The van der Waals surface area contributed by atoms with Gasteiger partial charge in [0.15, 0.2) is 0 Å². The summed E-state index contributed by atoms with van der Waals surface area (Å²) in [6.45, 7) is 5.35. The summed E-state index contributed by atoms with van der Waals surface area (Å²) in [5.74, 6) is 0.839. The number of aryl methyl sites for hydroxylation is 1. The van der Waals surface area contributed by atoms with Crippen LogP contribution in [-0.4, -0.2) is 41.0 Å². The van der Waals surface area contributed by atoms with Gasteiger partial charge in [0.05, 0.1) is 11.0 Å². The summed E-state index contributed by atoms with van der Waals surface area (Å²) in [5, 5.41) is 11.0. The van der Waals surface area contributed by atoms with E-state index in [4.69, 9.17) is 0 Å². The molecule has 148 valence electrons. The monoisotopic (exact) mass is 388 g/mol. The zero-order valence-corrected chi connectivity index (χ0v) is 16.4. The summed E-state index contributed by atoms with van der Waals surface area (Å²) < 4.78 is 0. The molecule has 6 heteroatoms. The molecule has 0 aliphatic carbocycles. The highest BCUT2D eigenvalue weighted by molar-refractivity contribution is 5.51. The smallest absolute Gasteiger partial charge is 0.287 e. The third kappa shape index (κ3) is 4.12. The molecule has 29 heavy (non-hydrogen) atoms. The van der Waals surface area contributed by atoms with Crippen molar-refractivity contribution in [2.24, 2.45) is 0 Å². The minimum Gasteiger partial charge on any atom is -0.354 e. The van der Waals surface area contributed by atoms with E-state index in [9.17, 15) is 10.1 Å². The molecular formula is C23H24N4O2. The lowest BCUT2D eigenvalue weighted by Crippen LogP contribution is -2.48. The minimum absolute atomic E-state index is 0.0399. The van der Waals surface area contributed by atoms with E-state index in [0.717, 1.165) is 37.6 Å². The van der Waals surface area contributed by atoms with Gasteiger partial charge in [-0.3, -0.25) is 15.0 Å². The molecule has 3 aromatic rings. The van der Waals surface area contributed by atoms with E-state index in [2.05, 4.69) is 63.3 Å². The zero-order valence-electron chi connectivity index (χ0n) is 16.4. The lowest BCUT2D eigenvalue weighted by atomic mass is 9.96. The van der Waals surface area contributed by atoms with Gasteiger partial charge in [-0.15, -0.1) is 0 Å². The molecule has 0 spiro atoms. The second-order valence-electron chi connectivity index (χ2n) is 7.34. The van der Waals surface area contributed by atoms with Crippen LogP contribution in [0.3, 0.4) is 0 Å². The number of pyridine rings is 1. The van der Waals surface area contributed by atoms with Gasteiger partial charge in [0, 0.05) is 32.2 Å². The van der Waals surface area contributed by atoms with Gasteiger partial charge in [-0.2, -0.15) is 0 Å². The molecule has 1 aromatic heterocycles. The molecule has 0 amide bonds. The van der Waals surface area contributed by atoms with E-state index < -0.39 is 4.92 Å². The predicted octanol–water partition coefficient (Wildman–Crippen LogP) is 4.21. The summed E-state index contributed by atoms with van der Waals surface area (Å²) in [5.41, 5.74) is 3.46. The van der Waals surface area contributed by atoms with Crippen LogP contribution in [-0.2, 0) is 0 Å². The predicted molar refractivity (Wildman–Crippen MR) is 114 cm³/mol. The molecule has 4 rings (SSSR count). The van der Waals surface area contributed by atoms with Gasteiger partial charge in [0.1, 0.15) is 12.0 Å². The van der Waals surface area contributed by atoms with Crippen LogP contribution < -0.4 is 4.90 Å². The van der Waals surface area contributed by atoms with Crippen molar-refractivity contribution in [3.05, 3.63) is 99.7 Å². The average Bonchev–Trinajstić information content (AvgIpc) is 2.76. The van der Waals surface area contributed by atoms with Crippen molar-refractivity contribution in [3.8, 4) is 0 Å². The number of rotatable bonds is 5. The number of nitro groups is 1. The van der Waals surface area contributed by atoms with Crippen molar-refractivity contribution in [2.75, 3.05) is 31.1 Å². The molecule has 1 saturated heterocycles. The summed E-state index contributed by atoms with van der Waals surface area (Å²) >= 11 is 0. The topological polar surface area (TPSA) is 62.5 Å². The quantitative estimate of drug-likeness (QED) is 0.484. The Kier molecular flexibility index (Phi) is 5.53. The highest BCUT2D eigenvalue weighted by atomic mass is 16.6. The maximum Gasteiger partial charge on any atom is 0.287 e. The van der Waals surface area contributed by atoms with Crippen LogP contribution in [0.4, 0.5) is 11.5 Å². The van der Waals surface area contributed by atoms with Crippen molar-refractivity contribution in [1.29, 1.82) is 0 Å². The van der Waals surface area contributed by atoms with Crippen molar-refractivity contribution in [1.82, 2.24) is 9.88 Å². The Labute approximate surface area is 170 Å². The lowest BCUT2D eigenvalue weighted by Gasteiger charge is -2.40. The van der Waals surface area contributed by atoms with Crippen LogP contribution in [0.2, 0.25) is 0 Å². The lowest BCUT2D eigenvalue weighted by molar-refractivity contribution is -0.385. The summed E-state index contributed by atoms with van der Waals surface area (Å²) in [4.78, 5) is 19.7. The second-order valence-corrected chi connectivity index (χ2v) is 7.34. The van der Waals surface area contributed by atoms with E-state index in [-0.39, 0.29) is 11.7 Å². The first-order valence-corrected chi connectivity index (χ1v) is 9.83. The largest absolute Gasteiger partial charge is 0.354 e. The van der Waals surface area contributed by atoms with Gasteiger partial charge in [0.25, 0.3) is 5.69 Å². The Balaban J connectivity index is 1.54. The Morgan fingerprint density at radius 1 is 0.931 bits per heavy atom. The van der Waals surface area contributed by atoms with Crippen LogP contribution >= 0.6 is 0 Å². The van der Waals surface area contributed by atoms with Crippen molar-refractivity contribution in [3.63, 3.8) is 0 Å². The van der Waals surface area contributed by atoms with E-state index in [0.29, 0.717) is 0 Å². The highest BCUT2D eigenvalue weighted by Crippen LogP contribution is 2.30. The molecule has 0 bridgehead atoms. The van der Waals surface area contributed by atoms with Crippen molar-refractivity contribution < 1.29 is 4.92 Å². The fraction of sp³-hybridized carbons (Fsp3) is 0.261. The SMILES string of the molecule is Cc1cc([N+](=O)[O-])cnc1N1CCN(C(c2ccccc2)c2ccccc2)CC1. The zero-order chi connectivity index (χ0) is 20.2. The average molecular weight is 388 g/mol. The molecule has 1 aliphatic heterocycles. The normalized spacial score (nSPS) is 14.9. The van der Waals surface area contributed by atoms with Gasteiger partial charge in [-0.05, 0) is 23.6 Å². The van der Waals surface area contributed by atoms with Crippen molar-refractivity contribution in [2.45, 2.75) is 13.0 Å². The molecule has 2 heterocycles. The molecule has 0 radical (unpaired) electrons. The maximum absolute atomic E-state index is 11.0. The first kappa shape index (κ1) is 19.1. The first-order chi connectivity index (χ1) is 14.1. The number of hydrogen-bond acceptors (Lipinski definition) is 5. The first-order valence-electron chi connectivity index (χ1n) is 9.83. The van der Waals surface area contributed by atoms with Crippen molar-refractivity contribution >= 4 is 11.5 Å². The number of anilines is 1. The van der Waals surface area contributed by atoms with E-state index in [1.807, 2.05) is 19.1 Å². The van der Waals surface area contributed by atoms with E-state index in [1.165, 1.54) is 17.3 Å².